The molecular weight excluding hydrogens is 218 g/mol. The topological polar surface area (TPSA) is 49.8 Å². The maximum atomic E-state index is 12.2. The Hall–Kier alpha value is -1.55. The van der Waals surface area contributed by atoms with E-state index in [9.17, 15) is 9.90 Å². The predicted octanol–water partition coefficient (Wildman–Crippen LogP) is 1.64. The highest BCUT2D eigenvalue weighted by molar-refractivity contribution is 5.94. The van der Waals surface area contributed by atoms with Gasteiger partial charge < -0.3 is 14.7 Å². The van der Waals surface area contributed by atoms with Crippen LogP contribution >= 0.6 is 0 Å². The summed E-state index contributed by atoms with van der Waals surface area (Å²) in [6.45, 7) is 2.69. The van der Waals surface area contributed by atoms with Crippen molar-refractivity contribution < 1.29 is 14.6 Å². The summed E-state index contributed by atoms with van der Waals surface area (Å²) in [6, 6.07) is 6.45. The zero-order valence-corrected chi connectivity index (χ0v) is 10.1. The minimum absolute atomic E-state index is 0.0349. The fraction of sp³-hybridized carbons (Fsp3) is 0.462. The van der Waals surface area contributed by atoms with Crippen LogP contribution < -0.4 is 0 Å². The number of likely N-dealkylation sites (N-methyl/N-ethyl adjacent to an activating group) is 1. The Morgan fingerprint density at radius 3 is 2.59 bits per heavy atom. The van der Waals surface area contributed by atoms with Gasteiger partial charge in [-0.25, -0.2) is 0 Å². The van der Waals surface area contributed by atoms with Crippen molar-refractivity contribution in [1.82, 2.24) is 4.90 Å². The van der Waals surface area contributed by atoms with Crippen LogP contribution in [0.3, 0.4) is 0 Å². The number of ether oxygens (including phenoxy) is 1. The minimum Gasteiger partial charge on any atom is -0.508 e. The van der Waals surface area contributed by atoms with Gasteiger partial charge in [-0.15, -0.1) is 0 Å². The molecule has 1 saturated heterocycles. The molecule has 17 heavy (non-hydrogen) atoms. The van der Waals surface area contributed by atoms with Gasteiger partial charge in [0.15, 0.2) is 0 Å². The number of hydrogen-bond donors (Lipinski definition) is 1. The lowest BCUT2D eigenvalue weighted by atomic mass is 10.1. The lowest BCUT2D eigenvalue weighted by Gasteiger charge is -2.26. The van der Waals surface area contributed by atoms with Gasteiger partial charge in [0, 0.05) is 19.2 Å². The Labute approximate surface area is 101 Å². The highest BCUT2D eigenvalue weighted by atomic mass is 16.5. The van der Waals surface area contributed by atoms with Crippen LogP contribution in [-0.4, -0.2) is 41.7 Å². The number of aromatic hydroxyl groups is 1. The SMILES string of the molecule is CC1OCCC1N(C)C(=O)c1ccc(O)cc1. The second-order valence-electron chi connectivity index (χ2n) is 4.39. The van der Waals surface area contributed by atoms with Gasteiger partial charge in [0.1, 0.15) is 5.75 Å². The molecule has 1 aliphatic rings. The molecule has 0 aromatic heterocycles. The van der Waals surface area contributed by atoms with Crippen molar-refractivity contribution in [3.05, 3.63) is 29.8 Å². The quantitative estimate of drug-likeness (QED) is 0.847. The number of rotatable bonds is 2. The first-order chi connectivity index (χ1) is 8.09. The zero-order valence-electron chi connectivity index (χ0n) is 10.1. The molecular formula is C13H17NO3. The van der Waals surface area contributed by atoms with E-state index >= 15 is 0 Å². The van der Waals surface area contributed by atoms with Crippen molar-refractivity contribution in [2.75, 3.05) is 13.7 Å². The minimum atomic E-state index is -0.0349. The lowest BCUT2D eigenvalue weighted by Crippen LogP contribution is -2.40. The lowest BCUT2D eigenvalue weighted by molar-refractivity contribution is 0.0574. The third-order valence-corrected chi connectivity index (χ3v) is 3.27. The van der Waals surface area contributed by atoms with Gasteiger partial charge in [-0.05, 0) is 37.6 Å². The largest absolute Gasteiger partial charge is 0.508 e. The predicted molar refractivity (Wildman–Crippen MR) is 64.0 cm³/mol. The third-order valence-electron chi connectivity index (χ3n) is 3.27. The van der Waals surface area contributed by atoms with E-state index in [1.54, 1.807) is 24.1 Å². The Kier molecular flexibility index (Phi) is 3.33. The van der Waals surface area contributed by atoms with E-state index in [4.69, 9.17) is 4.74 Å². The van der Waals surface area contributed by atoms with Crippen molar-refractivity contribution in [2.45, 2.75) is 25.5 Å². The van der Waals surface area contributed by atoms with Crippen LogP contribution in [0, 0.1) is 0 Å². The Bertz CT molecular complexity index is 402. The Morgan fingerprint density at radius 1 is 1.41 bits per heavy atom. The molecule has 92 valence electrons. The fourth-order valence-corrected chi connectivity index (χ4v) is 2.19. The summed E-state index contributed by atoms with van der Waals surface area (Å²) in [5.41, 5.74) is 0.587. The highest BCUT2D eigenvalue weighted by Gasteiger charge is 2.30. The number of phenols is 1. The summed E-state index contributed by atoms with van der Waals surface area (Å²) in [7, 11) is 1.80. The summed E-state index contributed by atoms with van der Waals surface area (Å²) in [5.74, 6) is 0.133. The van der Waals surface area contributed by atoms with E-state index in [0.29, 0.717) is 12.2 Å². The van der Waals surface area contributed by atoms with Gasteiger partial charge in [0.05, 0.1) is 12.1 Å². The highest BCUT2D eigenvalue weighted by Crippen LogP contribution is 2.20. The van der Waals surface area contributed by atoms with E-state index in [1.165, 1.54) is 12.1 Å². The number of phenolic OH excluding ortho intramolecular Hbond substituents is 1. The average molecular weight is 235 g/mol. The smallest absolute Gasteiger partial charge is 0.253 e. The first kappa shape index (κ1) is 11.9. The Balaban J connectivity index is 2.11. The van der Waals surface area contributed by atoms with Gasteiger partial charge in [0.2, 0.25) is 0 Å². The normalized spacial score (nSPS) is 23.6. The van der Waals surface area contributed by atoms with Crippen LogP contribution in [0.1, 0.15) is 23.7 Å². The van der Waals surface area contributed by atoms with Crippen molar-refractivity contribution in [3.63, 3.8) is 0 Å². The molecule has 2 unspecified atom stereocenters. The maximum Gasteiger partial charge on any atom is 0.253 e. The molecule has 4 heteroatoms. The molecule has 0 spiro atoms. The van der Waals surface area contributed by atoms with Gasteiger partial charge in [-0.1, -0.05) is 0 Å². The summed E-state index contributed by atoms with van der Waals surface area (Å²) in [5, 5.41) is 9.19. The molecule has 1 heterocycles. The third kappa shape index (κ3) is 2.42. The number of hydrogen-bond acceptors (Lipinski definition) is 3. The molecule has 4 nitrogen and oxygen atoms in total. The average Bonchev–Trinajstić information content (AvgIpc) is 2.74. The van der Waals surface area contributed by atoms with Crippen LogP contribution in [0.5, 0.6) is 5.75 Å². The first-order valence-corrected chi connectivity index (χ1v) is 5.77. The van der Waals surface area contributed by atoms with E-state index < -0.39 is 0 Å². The molecule has 0 saturated carbocycles. The molecule has 1 fully saturated rings. The Morgan fingerprint density at radius 2 is 2.06 bits per heavy atom. The first-order valence-electron chi connectivity index (χ1n) is 5.77. The van der Waals surface area contributed by atoms with Gasteiger partial charge in [0.25, 0.3) is 5.91 Å². The van der Waals surface area contributed by atoms with Gasteiger partial charge in [-0.2, -0.15) is 0 Å². The molecule has 2 rings (SSSR count). The number of carbonyl (C=O) groups is 1. The van der Waals surface area contributed by atoms with Crippen LogP contribution in [0.4, 0.5) is 0 Å². The summed E-state index contributed by atoms with van der Waals surface area (Å²) >= 11 is 0. The fourth-order valence-electron chi connectivity index (χ4n) is 2.19. The monoisotopic (exact) mass is 235 g/mol. The summed E-state index contributed by atoms with van der Waals surface area (Å²) in [6.07, 6.45) is 0.961. The molecule has 1 aromatic carbocycles. The molecule has 1 N–H and O–H groups in total. The van der Waals surface area contributed by atoms with Crippen molar-refractivity contribution in [1.29, 1.82) is 0 Å². The molecule has 1 amide bonds. The maximum absolute atomic E-state index is 12.2. The molecule has 1 aliphatic heterocycles. The second-order valence-corrected chi connectivity index (χ2v) is 4.39. The number of amides is 1. The van der Waals surface area contributed by atoms with Crippen molar-refractivity contribution in [2.24, 2.45) is 0 Å². The number of benzene rings is 1. The van der Waals surface area contributed by atoms with E-state index in [2.05, 4.69) is 0 Å². The van der Waals surface area contributed by atoms with Gasteiger partial charge >= 0.3 is 0 Å². The second kappa shape index (κ2) is 4.75. The molecule has 1 aromatic rings. The van der Waals surface area contributed by atoms with Crippen LogP contribution in [0.15, 0.2) is 24.3 Å². The molecule has 2 atom stereocenters. The standard InChI is InChI=1S/C13H17NO3/c1-9-12(7-8-17-9)14(2)13(16)10-3-5-11(15)6-4-10/h3-6,9,12,15H,7-8H2,1-2H3. The van der Waals surface area contributed by atoms with Crippen LogP contribution in [0.2, 0.25) is 0 Å². The van der Waals surface area contributed by atoms with Crippen LogP contribution in [0.25, 0.3) is 0 Å². The van der Waals surface area contributed by atoms with Crippen molar-refractivity contribution in [3.8, 4) is 5.75 Å². The molecule has 0 radical (unpaired) electrons. The van der Waals surface area contributed by atoms with E-state index in [0.717, 1.165) is 6.42 Å². The van der Waals surface area contributed by atoms with Gasteiger partial charge in [-0.3, -0.25) is 4.79 Å². The van der Waals surface area contributed by atoms with E-state index in [-0.39, 0.29) is 23.8 Å². The van der Waals surface area contributed by atoms with Crippen LogP contribution in [-0.2, 0) is 4.74 Å². The number of nitrogens with zero attached hydrogens (tertiary/aromatic N) is 1. The number of carbonyl (C=O) groups excluding carboxylic acids is 1. The molecule has 0 aliphatic carbocycles. The van der Waals surface area contributed by atoms with E-state index in [1.807, 2.05) is 6.92 Å². The summed E-state index contributed by atoms with van der Waals surface area (Å²) < 4.78 is 5.46. The van der Waals surface area contributed by atoms with Crippen molar-refractivity contribution >= 4 is 5.91 Å². The zero-order chi connectivity index (χ0) is 12.4. The summed E-state index contributed by atoms with van der Waals surface area (Å²) in [4.78, 5) is 13.9. The molecule has 0 bridgehead atoms.